The van der Waals surface area contributed by atoms with Crippen LogP contribution in [0.25, 0.3) is 6.08 Å². The quantitative estimate of drug-likeness (QED) is 0.412. The van der Waals surface area contributed by atoms with Crippen molar-refractivity contribution in [1.29, 1.82) is 0 Å². The number of ketones is 1. The molecular weight excluding hydrogens is 340 g/mol. The summed E-state index contributed by atoms with van der Waals surface area (Å²) in [4.78, 5) is 12.5. The molecule has 0 saturated carbocycles. The van der Waals surface area contributed by atoms with Gasteiger partial charge in [-0.3, -0.25) is 4.79 Å². The zero-order valence-electron chi connectivity index (χ0n) is 16.6. The molecule has 0 spiro atoms. The molecule has 27 heavy (non-hydrogen) atoms. The third kappa shape index (κ3) is 5.61. The van der Waals surface area contributed by atoms with Gasteiger partial charge in [-0.1, -0.05) is 19.1 Å². The first-order chi connectivity index (χ1) is 13.1. The van der Waals surface area contributed by atoms with Gasteiger partial charge < -0.3 is 14.2 Å². The van der Waals surface area contributed by atoms with E-state index in [0.29, 0.717) is 25.4 Å². The van der Waals surface area contributed by atoms with Gasteiger partial charge in [0.05, 0.1) is 19.8 Å². The molecule has 4 heteroatoms. The van der Waals surface area contributed by atoms with Crippen LogP contribution in [0.4, 0.5) is 0 Å². The van der Waals surface area contributed by atoms with Crippen molar-refractivity contribution in [2.75, 3.05) is 19.8 Å². The second kappa shape index (κ2) is 10.4. The lowest BCUT2D eigenvalue weighted by molar-refractivity contribution is 0.104. The Morgan fingerprint density at radius 2 is 1.63 bits per heavy atom. The van der Waals surface area contributed by atoms with E-state index in [-0.39, 0.29) is 5.78 Å². The lowest BCUT2D eigenvalue weighted by Gasteiger charge is -2.15. The molecule has 0 heterocycles. The number of ether oxygens (including phenoxy) is 3. The predicted molar refractivity (Wildman–Crippen MR) is 109 cm³/mol. The summed E-state index contributed by atoms with van der Waals surface area (Å²) in [6.45, 7) is 9.71. The highest BCUT2D eigenvalue weighted by atomic mass is 16.5. The summed E-state index contributed by atoms with van der Waals surface area (Å²) in [5.41, 5.74) is 2.51. The van der Waals surface area contributed by atoms with Gasteiger partial charge in [0, 0.05) is 11.1 Å². The Balaban J connectivity index is 2.16. The minimum atomic E-state index is -0.0525. The fraction of sp³-hybridized carbons (Fsp3) is 0.348. The maximum absolute atomic E-state index is 12.5. The van der Waals surface area contributed by atoms with Crippen molar-refractivity contribution in [1.82, 2.24) is 0 Å². The van der Waals surface area contributed by atoms with Crippen LogP contribution in [0.2, 0.25) is 0 Å². The minimum Gasteiger partial charge on any atom is -0.494 e. The normalized spacial score (nSPS) is 10.8. The van der Waals surface area contributed by atoms with Crippen LogP contribution in [0.3, 0.4) is 0 Å². The first-order valence-corrected chi connectivity index (χ1v) is 9.45. The predicted octanol–water partition coefficient (Wildman–Crippen LogP) is 5.48. The first kappa shape index (κ1) is 20.6. The topological polar surface area (TPSA) is 44.8 Å². The highest BCUT2D eigenvalue weighted by Crippen LogP contribution is 2.34. The molecule has 0 atom stereocenters. The van der Waals surface area contributed by atoms with E-state index in [1.54, 1.807) is 18.2 Å². The van der Waals surface area contributed by atoms with Gasteiger partial charge in [-0.05, 0) is 69.2 Å². The van der Waals surface area contributed by atoms with Crippen molar-refractivity contribution in [3.63, 3.8) is 0 Å². The van der Waals surface area contributed by atoms with Gasteiger partial charge >= 0.3 is 0 Å². The van der Waals surface area contributed by atoms with Crippen LogP contribution in [0.15, 0.2) is 42.5 Å². The molecule has 0 aliphatic heterocycles. The van der Waals surface area contributed by atoms with Gasteiger partial charge in [-0.25, -0.2) is 0 Å². The Morgan fingerprint density at radius 3 is 2.26 bits per heavy atom. The molecule has 0 aromatic heterocycles. The number of carbonyl (C=O) groups is 1. The zero-order chi connectivity index (χ0) is 19.6. The smallest absolute Gasteiger partial charge is 0.185 e. The maximum Gasteiger partial charge on any atom is 0.185 e. The number of hydrogen-bond acceptors (Lipinski definition) is 4. The Kier molecular flexibility index (Phi) is 7.93. The molecule has 0 unspecified atom stereocenters. The molecule has 4 nitrogen and oxygen atoms in total. The number of allylic oxidation sites excluding steroid dienone is 1. The van der Waals surface area contributed by atoms with E-state index in [1.165, 1.54) is 0 Å². The molecule has 2 aromatic rings. The fourth-order valence-electron chi connectivity index (χ4n) is 2.65. The SMILES string of the molecule is CCCOc1ccc(C(=O)C=Cc2ccc(OCC)c(OCC)c2C)cc1. The Labute approximate surface area is 161 Å². The molecule has 2 aromatic carbocycles. The van der Waals surface area contributed by atoms with E-state index in [0.717, 1.165) is 34.8 Å². The zero-order valence-corrected chi connectivity index (χ0v) is 16.6. The second-order valence-electron chi connectivity index (χ2n) is 6.04. The Bertz CT molecular complexity index is 776. The van der Waals surface area contributed by atoms with Gasteiger partial charge in [0.2, 0.25) is 0 Å². The maximum atomic E-state index is 12.5. The lowest BCUT2D eigenvalue weighted by Crippen LogP contribution is -2.01. The van der Waals surface area contributed by atoms with Crippen molar-refractivity contribution >= 4 is 11.9 Å². The average molecular weight is 368 g/mol. The van der Waals surface area contributed by atoms with E-state index < -0.39 is 0 Å². The van der Waals surface area contributed by atoms with Crippen LogP contribution < -0.4 is 14.2 Å². The molecule has 0 N–H and O–H groups in total. The third-order valence-electron chi connectivity index (χ3n) is 4.03. The van der Waals surface area contributed by atoms with Crippen LogP contribution >= 0.6 is 0 Å². The summed E-state index contributed by atoms with van der Waals surface area (Å²) in [5, 5.41) is 0. The highest BCUT2D eigenvalue weighted by molar-refractivity contribution is 6.07. The lowest BCUT2D eigenvalue weighted by atomic mass is 10.0. The molecule has 0 amide bonds. The fourth-order valence-corrected chi connectivity index (χ4v) is 2.65. The Hall–Kier alpha value is -2.75. The molecule has 0 radical (unpaired) electrons. The van der Waals surface area contributed by atoms with Gasteiger partial charge in [-0.15, -0.1) is 0 Å². The third-order valence-corrected chi connectivity index (χ3v) is 4.03. The summed E-state index contributed by atoms with van der Waals surface area (Å²) in [5.74, 6) is 2.18. The van der Waals surface area contributed by atoms with Crippen molar-refractivity contribution in [3.05, 3.63) is 59.2 Å². The summed E-state index contributed by atoms with van der Waals surface area (Å²) < 4.78 is 16.9. The van der Waals surface area contributed by atoms with Crippen LogP contribution in [0.1, 0.15) is 48.7 Å². The molecule has 0 aliphatic rings. The monoisotopic (exact) mass is 368 g/mol. The van der Waals surface area contributed by atoms with Crippen molar-refractivity contribution in [3.8, 4) is 17.2 Å². The molecule has 2 rings (SSSR count). The summed E-state index contributed by atoms with van der Waals surface area (Å²) in [6, 6.07) is 11.0. The van der Waals surface area contributed by atoms with Gasteiger partial charge in [0.15, 0.2) is 17.3 Å². The summed E-state index contributed by atoms with van der Waals surface area (Å²) in [6.07, 6.45) is 4.35. The Morgan fingerprint density at radius 1 is 0.926 bits per heavy atom. The summed E-state index contributed by atoms with van der Waals surface area (Å²) >= 11 is 0. The van der Waals surface area contributed by atoms with Gasteiger partial charge in [-0.2, -0.15) is 0 Å². The van der Waals surface area contributed by atoms with Crippen molar-refractivity contribution in [2.45, 2.75) is 34.1 Å². The average Bonchev–Trinajstić information content (AvgIpc) is 2.69. The molecule has 0 aliphatic carbocycles. The standard InChI is InChI=1S/C23H28O4/c1-5-16-27-20-12-8-19(9-13-20)21(24)14-10-18-11-15-22(25-6-2)23(17(18)4)26-7-3/h8-15H,5-7,16H2,1-4H3. The highest BCUT2D eigenvalue weighted by Gasteiger charge is 2.11. The first-order valence-electron chi connectivity index (χ1n) is 9.45. The van der Waals surface area contributed by atoms with Crippen LogP contribution in [-0.4, -0.2) is 25.6 Å². The molecule has 0 fully saturated rings. The van der Waals surface area contributed by atoms with Crippen molar-refractivity contribution < 1.29 is 19.0 Å². The molecular formula is C23H28O4. The van der Waals surface area contributed by atoms with Gasteiger partial charge in [0.1, 0.15) is 5.75 Å². The molecule has 0 saturated heterocycles. The van der Waals surface area contributed by atoms with E-state index in [9.17, 15) is 4.79 Å². The minimum absolute atomic E-state index is 0.0525. The molecule has 144 valence electrons. The number of carbonyl (C=O) groups excluding carboxylic acids is 1. The van der Waals surface area contributed by atoms with Gasteiger partial charge in [0.25, 0.3) is 0 Å². The van der Waals surface area contributed by atoms with E-state index in [1.807, 2.05) is 51.1 Å². The number of hydrogen-bond donors (Lipinski definition) is 0. The number of rotatable bonds is 10. The summed E-state index contributed by atoms with van der Waals surface area (Å²) in [7, 11) is 0. The van der Waals surface area contributed by atoms with E-state index in [4.69, 9.17) is 14.2 Å². The van der Waals surface area contributed by atoms with Crippen LogP contribution in [0, 0.1) is 6.92 Å². The number of benzene rings is 2. The molecule has 0 bridgehead atoms. The van der Waals surface area contributed by atoms with Crippen molar-refractivity contribution in [2.24, 2.45) is 0 Å². The van der Waals surface area contributed by atoms with Crippen LogP contribution in [0.5, 0.6) is 17.2 Å². The van der Waals surface area contributed by atoms with E-state index >= 15 is 0 Å². The second-order valence-corrected chi connectivity index (χ2v) is 6.04. The van der Waals surface area contributed by atoms with Crippen LogP contribution in [-0.2, 0) is 0 Å². The van der Waals surface area contributed by atoms with E-state index in [2.05, 4.69) is 6.92 Å². The largest absolute Gasteiger partial charge is 0.494 e.